The minimum absolute atomic E-state index is 0.303. The third-order valence-corrected chi connectivity index (χ3v) is 12.4. The van der Waals surface area contributed by atoms with Crippen LogP contribution in [-0.4, -0.2) is 8.97 Å². The Morgan fingerprint density at radius 2 is 1.20 bits per heavy atom. The second-order valence-electron chi connectivity index (χ2n) is 14.1. The van der Waals surface area contributed by atoms with Gasteiger partial charge in [0, 0.05) is 38.5 Å². The Bertz CT molecular complexity index is 3170. The molecule has 1 aliphatic carbocycles. The highest BCUT2D eigenvalue weighted by Crippen LogP contribution is 2.49. The summed E-state index contributed by atoms with van der Waals surface area (Å²) in [4.78, 5) is 0. The fraction of sp³-hybridized carbons (Fsp3) is 0.0417. The first-order valence-corrected chi connectivity index (χ1v) is 18.6. The van der Waals surface area contributed by atoms with Crippen LogP contribution < -0.4 is 0 Å². The molecular weight excluding hydrogens is 637 g/mol. The van der Waals surface area contributed by atoms with Gasteiger partial charge in [-0.25, -0.2) is 0 Å². The van der Waals surface area contributed by atoms with E-state index < -0.39 is 0 Å². The van der Waals surface area contributed by atoms with Crippen molar-refractivity contribution in [1.29, 1.82) is 0 Å². The van der Waals surface area contributed by atoms with E-state index in [4.69, 9.17) is 0 Å². The van der Waals surface area contributed by atoms with Crippen molar-refractivity contribution >= 4 is 70.6 Å². The van der Waals surface area contributed by atoms with Crippen molar-refractivity contribution in [2.45, 2.75) is 12.3 Å². The van der Waals surface area contributed by atoms with Gasteiger partial charge in [0.1, 0.15) is 0 Å². The zero-order chi connectivity index (χ0) is 33.2. The third kappa shape index (κ3) is 3.76. The molecule has 1 atom stereocenters. The number of nitrogens with zero attached hydrogens (tertiary/aromatic N) is 2. The zero-order valence-electron chi connectivity index (χ0n) is 27.7. The van der Waals surface area contributed by atoms with Crippen LogP contribution in [0.5, 0.6) is 0 Å². The Morgan fingerprint density at radius 3 is 2.10 bits per heavy atom. The summed E-state index contributed by atoms with van der Waals surface area (Å²) < 4.78 is 6.24. The monoisotopic (exact) mass is 666 g/mol. The lowest BCUT2D eigenvalue weighted by molar-refractivity contribution is 0.828. The fourth-order valence-electron chi connectivity index (χ4n) is 9.31. The maximum absolute atomic E-state index is 2.47. The number of thiophene rings is 1. The van der Waals surface area contributed by atoms with Gasteiger partial charge in [0.25, 0.3) is 0 Å². The van der Waals surface area contributed by atoms with E-state index in [2.05, 4.69) is 172 Å². The molecule has 1 aliphatic rings. The molecule has 0 radical (unpaired) electrons. The van der Waals surface area contributed by atoms with Gasteiger partial charge >= 0.3 is 0 Å². The number of fused-ring (bicyclic) bond motifs is 12. The zero-order valence-corrected chi connectivity index (χ0v) is 28.5. The molecule has 0 aliphatic heterocycles. The lowest BCUT2D eigenvalue weighted by atomic mass is 9.89. The number of aromatic nitrogens is 2. The van der Waals surface area contributed by atoms with E-state index in [1.165, 1.54) is 104 Å². The second kappa shape index (κ2) is 10.2. The number of hydrogen-bond acceptors (Lipinski definition) is 1. The van der Waals surface area contributed by atoms with Crippen LogP contribution in [0.25, 0.3) is 87.2 Å². The molecule has 12 rings (SSSR count). The summed E-state index contributed by atoms with van der Waals surface area (Å²) in [6, 6.07) is 59.0. The third-order valence-electron chi connectivity index (χ3n) is 11.5. The summed E-state index contributed by atoms with van der Waals surface area (Å²) in [5.74, 6) is 0.303. The first-order chi connectivity index (χ1) is 25.3. The molecule has 3 heteroatoms. The number of benzene rings is 7. The summed E-state index contributed by atoms with van der Waals surface area (Å²) in [5, 5.41) is 8.85. The summed E-state index contributed by atoms with van der Waals surface area (Å²) in [6.45, 7) is 0. The van der Waals surface area contributed by atoms with Crippen molar-refractivity contribution in [2.75, 3.05) is 0 Å². The Labute approximate surface area is 298 Å². The van der Waals surface area contributed by atoms with Crippen LogP contribution in [0, 0.1) is 0 Å². The van der Waals surface area contributed by atoms with Gasteiger partial charge in [0.2, 0.25) is 0 Å². The highest BCUT2D eigenvalue weighted by atomic mass is 32.1. The maximum atomic E-state index is 2.47. The van der Waals surface area contributed by atoms with Crippen molar-refractivity contribution < 1.29 is 0 Å². The average molecular weight is 667 g/mol. The van der Waals surface area contributed by atoms with Gasteiger partial charge in [-0.2, -0.15) is 0 Å². The van der Waals surface area contributed by atoms with Gasteiger partial charge in [-0.3, -0.25) is 0 Å². The van der Waals surface area contributed by atoms with Crippen LogP contribution in [-0.2, 0) is 6.42 Å². The van der Waals surface area contributed by atoms with Crippen LogP contribution in [0.2, 0.25) is 0 Å². The van der Waals surface area contributed by atoms with Gasteiger partial charge < -0.3 is 8.97 Å². The molecule has 0 saturated heterocycles. The van der Waals surface area contributed by atoms with E-state index in [0.717, 1.165) is 6.42 Å². The minimum atomic E-state index is 0.303. The predicted molar refractivity (Wildman–Crippen MR) is 216 cm³/mol. The summed E-state index contributed by atoms with van der Waals surface area (Å²) in [5.41, 5.74) is 17.1. The Hall–Kier alpha value is -6.16. The Balaban J connectivity index is 0.993. The van der Waals surface area contributed by atoms with E-state index in [0.29, 0.717) is 5.92 Å². The number of hydrogen-bond donors (Lipinski definition) is 0. The predicted octanol–water partition coefficient (Wildman–Crippen LogP) is 13.0. The van der Waals surface area contributed by atoms with Crippen LogP contribution >= 0.6 is 11.3 Å². The normalized spacial score (nSPS) is 14.2. The molecule has 7 aromatic carbocycles. The average Bonchev–Trinajstić information content (AvgIpc) is 3.99. The lowest BCUT2D eigenvalue weighted by Crippen LogP contribution is -2.01. The standard InChI is InChI=1S/C48H30N2S/c1-2-10-32(11-3-1)49-43-16-8-6-14-36(43)40-25-29(18-21-45(40)49)24-38-33-12-4-5-13-34(33)39-26-30(19-20-35(38)39)31-27-41-37-15-7-9-17-44(37)50-46-22-23-51-48(46)42(28-31)47(41)50/h1-23,25-28,38H,24H2. The molecule has 0 saturated carbocycles. The van der Waals surface area contributed by atoms with Crippen LogP contribution in [0.3, 0.4) is 0 Å². The molecule has 238 valence electrons. The Kier molecular flexibility index (Phi) is 5.52. The molecule has 4 aromatic heterocycles. The molecule has 4 heterocycles. The lowest BCUT2D eigenvalue weighted by Gasteiger charge is -2.15. The van der Waals surface area contributed by atoms with E-state index in [1.54, 1.807) is 0 Å². The van der Waals surface area contributed by atoms with Crippen molar-refractivity contribution in [2.24, 2.45) is 0 Å². The quantitative estimate of drug-likeness (QED) is 0.177. The number of rotatable bonds is 4. The van der Waals surface area contributed by atoms with Crippen LogP contribution in [0.1, 0.15) is 22.6 Å². The summed E-state index contributed by atoms with van der Waals surface area (Å²) in [6.07, 6.45) is 0.959. The van der Waals surface area contributed by atoms with Gasteiger partial charge in [-0.1, -0.05) is 97.1 Å². The molecule has 0 spiro atoms. The topological polar surface area (TPSA) is 9.34 Å². The molecule has 0 amide bonds. The largest absolute Gasteiger partial charge is 0.309 e. The fourth-order valence-corrected chi connectivity index (χ4v) is 10.2. The molecule has 0 N–H and O–H groups in total. The van der Waals surface area contributed by atoms with Crippen molar-refractivity contribution in [3.05, 3.63) is 180 Å². The van der Waals surface area contributed by atoms with Gasteiger partial charge in [0.15, 0.2) is 0 Å². The number of para-hydroxylation sites is 3. The van der Waals surface area contributed by atoms with Crippen molar-refractivity contribution in [3.8, 4) is 27.9 Å². The van der Waals surface area contributed by atoms with E-state index in [1.807, 2.05) is 11.3 Å². The molecule has 1 unspecified atom stereocenters. The maximum Gasteiger partial charge on any atom is 0.0649 e. The van der Waals surface area contributed by atoms with Crippen molar-refractivity contribution in [1.82, 2.24) is 8.97 Å². The summed E-state index contributed by atoms with van der Waals surface area (Å²) in [7, 11) is 0. The van der Waals surface area contributed by atoms with E-state index in [9.17, 15) is 0 Å². The molecule has 51 heavy (non-hydrogen) atoms. The molecular formula is C48H30N2S. The smallest absolute Gasteiger partial charge is 0.0649 e. The first kappa shape index (κ1) is 27.6. The second-order valence-corrected chi connectivity index (χ2v) is 15.0. The van der Waals surface area contributed by atoms with E-state index >= 15 is 0 Å². The van der Waals surface area contributed by atoms with Gasteiger partial charge in [-0.05, 0) is 111 Å². The first-order valence-electron chi connectivity index (χ1n) is 17.8. The summed E-state index contributed by atoms with van der Waals surface area (Å²) >= 11 is 1.85. The molecule has 11 aromatic rings. The van der Waals surface area contributed by atoms with Crippen molar-refractivity contribution in [3.63, 3.8) is 0 Å². The van der Waals surface area contributed by atoms with Crippen LogP contribution in [0.4, 0.5) is 0 Å². The molecule has 0 fully saturated rings. The van der Waals surface area contributed by atoms with Crippen LogP contribution in [0.15, 0.2) is 163 Å². The highest BCUT2D eigenvalue weighted by molar-refractivity contribution is 7.18. The van der Waals surface area contributed by atoms with Gasteiger partial charge in [-0.15, -0.1) is 11.3 Å². The highest BCUT2D eigenvalue weighted by Gasteiger charge is 2.29. The molecule has 2 nitrogen and oxygen atoms in total. The SMILES string of the molecule is c1ccc(-n2c3ccccc3c3cc(CC4c5ccccc5-c5cc(-c6cc7c8ccccc8n8c9ccsc9c(c6)c78)ccc54)ccc32)cc1. The Morgan fingerprint density at radius 1 is 0.471 bits per heavy atom. The molecule has 0 bridgehead atoms. The van der Waals surface area contributed by atoms with E-state index in [-0.39, 0.29) is 0 Å². The van der Waals surface area contributed by atoms with Gasteiger partial charge in [0.05, 0.1) is 32.3 Å². The minimum Gasteiger partial charge on any atom is -0.309 e.